The predicted octanol–water partition coefficient (Wildman–Crippen LogP) is 2.48. The number of ketones is 1. The zero-order valence-electron chi connectivity index (χ0n) is 8.56. The van der Waals surface area contributed by atoms with Crippen LogP contribution in [-0.4, -0.2) is 19.0 Å². The average Bonchev–Trinajstić information content (AvgIpc) is 2.10. The molecule has 0 saturated heterocycles. The van der Waals surface area contributed by atoms with E-state index >= 15 is 0 Å². The summed E-state index contributed by atoms with van der Waals surface area (Å²) in [4.78, 5) is 11.5. The number of allylic oxidation sites excluding steroid dienone is 1. The molecule has 0 saturated carbocycles. The lowest BCUT2D eigenvalue weighted by Crippen LogP contribution is -2.12. The Labute approximate surface area is 80.0 Å². The lowest BCUT2D eigenvalue weighted by Gasteiger charge is -2.16. The summed E-state index contributed by atoms with van der Waals surface area (Å²) in [6.07, 6.45) is 3.66. The topological polar surface area (TPSA) is 26.3 Å². The van der Waals surface area contributed by atoms with Gasteiger partial charge in [-0.05, 0) is 38.7 Å². The predicted molar refractivity (Wildman–Crippen MR) is 52.7 cm³/mol. The molecule has 0 atom stereocenters. The van der Waals surface area contributed by atoms with Crippen LogP contribution in [0.5, 0.6) is 0 Å². The zero-order valence-corrected chi connectivity index (χ0v) is 8.56. The van der Waals surface area contributed by atoms with E-state index in [0.29, 0.717) is 12.4 Å². The van der Waals surface area contributed by atoms with E-state index in [2.05, 4.69) is 6.92 Å². The van der Waals surface area contributed by atoms with Crippen molar-refractivity contribution < 1.29 is 9.53 Å². The number of Topliss-reactive ketones (excluding diaryl/α,β-unsaturated/α-hetero) is 1. The van der Waals surface area contributed by atoms with Gasteiger partial charge in [-0.15, -0.1) is 0 Å². The van der Waals surface area contributed by atoms with Gasteiger partial charge in [0.15, 0.2) is 5.78 Å². The van der Waals surface area contributed by atoms with Crippen LogP contribution < -0.4 is 0 Å². The van der Waals surface area contributed by atoms with Gasteiger partial charge in [-0.25, -0.2) is 0 Å². The van der Waals surface area contributed by atoms with Gasteiger partial charge in [-0.3, -0.25) is 4.79 Å². The van der Waals surface area contributed by atoms with Crippen molar-refractivity contribution in [3.05, 3.63) is 11.1 Å². The maximum absolute atomic E-state index is 11.5. The molecule has 0 spiro atoms. The molecule has 2 nitrogen and oxygen atoms in total. The summed E-state index contributed by atoms with van der Waals surface area (Å²) < 4.78 is 5.25. The van der Waals surface area contributed by atoms with Gasteiger partial charge >= 0.3 is 0 Å². The standard InChI is InChI=1S/C11H18O2/c1-3-13-8-7-10-9(2)5-4-6-11(10)12/h3-8H2,1-2H3. The Bertz CT molecular complexity index is 216. The Hall–Kier alpha value is -0.630. The molecule has 0 bridgehead atoms. The summed E-state index contributed by atoms with van der Waals surface area (Å²) in [6, 6.07) is 0. The van der Waals surface area contributed by atoms with Crippen LogP contribution in [-0.2, 0) is 9.53 Å². The second-order valence-corrected chi connectivity index (χ2v) is 3.48. The first kappa shape index (κ1) is 10.5. The highest BCUT2D eigenvalue weighted by Gasteiger charge is 2.16. The fourth-order valence-electron chi connectivity index (χ4n) is 1.73. The molecule has 1 aliphatic carbocycles. The van der Waals surface area contributed by atoms with Crippen LogP contribution in [0.15, 0.2) is 11.1 Å². The van der Waals surface area contributed by atoms with Crippen molar-refractivity contribution in [1.29, 1.82) is 0 Å². The van der Waals surface area contributed by atoms with E-state index in [9.17, 15) is 4.79 Å². The summed E-state index contributed by atoms with van der Waals surface area (Å²) >= 11 is 0. The minimum atomic E-state index is 0.337. The van der Waals surface area contributed by atoms with Crippen molar-refractivity contribution in [2.24, 2.45) is 0 Å². The van der Waals surface area contributed by atoms with Gasteiger partial charge in [-0.1, -0.05) is 5.57 Å². The van der Waals surface area contributed by atoms with Gasteiger partial charge in [-0.2, -0.15) is 0 Å². The SMILES string of the molecule is CCOCCC1=C(C)CCCC1=O. The van der Waals surface area contributed by atoms with Crippen LogP contribution >= 0.6 is 0 Å². The minimum Gasteiger partial charge on any atom is -0.381 e. The Morgan fingerprint density at radius 1 is 1.38 bits per heavy atom. The van der Waals surface area contributed by atoms with Crippen molar-refractivity contribution in [3.63, 3.8) is 0 Å². The molecular weight excluding hydrogens is 164 g/mol. The first-order chi connectivity index (χ1) is 6.25. The largest absolute Gasteiger partial charge is 0.381 e. The fraction of sp³-hybridized carbons (Fsp3) is 0.727. The van der Waals surface area contributed by atoms with Crippen molar-refractivity contribution in [3.8, 4) is 0 Å². The molecule has 1 aliphatic rings. The summed E-state index contributed by atoms with van der Waals surface area (Å²) in [5, 5.41) is 0. The van der Waals surface area contributed by atoms with Crippen molar-refractivity contribution in [2.45, 2.75) is 39.5 Å². The molecule has 13 heavy (non-hydrogen) atoms. The minimum absolute atomic E-state index is 0.337. The molecule has 0 radical (unpaired) electrons. The van der Waals surface area contributed by atoms with E-state index in [1.165, 1.54) is 5.57 Å². The molecule has 0 fully saturated rings. The Morgan fingerprint density at radius 2 is 2.15 bits per heavy atom. The zero-order chi connectivity index (χ0) is 9.68. The summed E-state index contributed by atoms with van der Waals surface area (Å²) in [6.45, 7) is 5.47. The molecule has 74 valence electrons. The number of ether oxygens (including phenoxy) is 1. The maximum atomic E-state index is 11.5. The van der Waals surface area contributed by atoms with E-state index in [1.54, 1.807) is 0 Å². The number of hydrogen-bond donors (Lipinski definition) is 0. The highest BCUT2D eigenvalue weighted by atomic mass is 16.5. The number of carbonyl (C=O) groups excluding carboxylic acids is 1. The third kappa shape index (κ3) is 2.96. The third-order valence-corrected chi connectivity index (χ3v) is 2.51. The van der Waals surface area contributed by atoms with E-state index in [1.807, 2.05) is 6.92 Å². The van der Waals surface area contributed by atoms with Gasteiger partial charge in [0.2, 0.25) is 0 Å². The molecule has 2 heteroatoms. The average molecular weight is 182 g/mol. The molecule has 0 aromatic carbocycles. The van der Waals surface area contributed by atoms with Gasteiger partial charge in [0, 0.05) is 13.0 Å². The summed E-state index contributed by atoms with van der Waals surface area (Å²) in [5.41, 5.74) is 2.30. The Morgan fingerprint density at radius 3 is 2.77 bits per heavy atom. The fourth-order valence-corrected chi connectivity index (χ4v) is 1.73. The lowest BCUT2D eigenvalue weighted by atomic mass is 9.90. The first-order valence-electron chi connectivity index (χ1n) is 5.05. The molecular formula is C11H18O2. The third-order valence-electron chi connectivity index (χ3n) is 2.51. The van der Waals surface area contributed by atoms with E-state index in [4.69, 9.17) is 4.74 Å². The molecule has 0 unspecified atom stereocenters. The van der Waals surface area contributed by atoms with Gasteiger partial charge < -0.3 is 4.74 Å². The molecule has 0 aromatic heterocycles. The second kappa shape index (κ2) is 5.18. The smallest absolute Gasteiger partial charge is 0.158 e. The van der Waals surface area contributed by atoms with Crippen LogP contribution in [0.3, 0.4) is 0 Å². The van der Waals surface area contributed by atoms with Gasteiger partial charge in [0.25, 0.3) is 0 Å². The van der Waals surface area contributed by atoms with E-state index in [-0.39, 0.29) is 0 Å². The molecule has 1 rings (SSSR count). The number of rotatable bonds is 4. The molecule has 0 amide bonds. The molecule has 0 aromatic rings. The summed E-state index contributed by atoms with van der Waals surface area (Å²) in [5.74, 6) is 0.337. The quantitative estimate of drug-likeness (QED) is 0.624. The highest BCUT2D eigenvalue weighted by molar-refractivity contribution is 5.96. The summed E-state index contributed by atoms with van der Waals surface area (Å²) in [7, 11) is 0. The highest BCUT2D eigenvalue weighted by Crippen LogP contribution is 2.23. The van der Waals surface area contributed by atoms with E-state index < -0.39 is 0 Å². The molecule has 0 heterocycles. The van der Waals surface area contributed by atoms with E-state index in [0.717, 1.165) is 37.9 Å². The Kier molecular flexibility index (Phi) is 4.16. The van der Waals surface area contributed by atoms with Crippen LogP contribution in [0.1, 0.15) is 39.5 Å². The van der Waals surface area contributed by atoms with Crippen LogP contribution in [0.4, 0.5) is 0 Å². The first-order valence-corrected chi connectivity index (χ1v) is 5.05. The van der Waals surface area contributed by atoms with Gasteiger partial charge in [0.05, 0.1) is 6.61 Å². The second-order valence-electron chi connectivity index (χ2n) is 3.48. The maximum Gasteiger partial charge on any atom is 0.158 e. The number of hydrogen-bond acceptors (Lipinski definition) is 2. The van der Waals surface area contributed by atoms with Crippen molar-refractivity contribution >= 4 is 5.78 Å². The Balaban J connectivity index is 2.48. The van der Waals surface area contributed by atoms with Crippen LogP contribution in [0.2, 0.25) is 0 Å². The van der Waals surface area contributed by atoms with Gasteiger partial charge in [0.1, 0.15) is 0 Å². The normalized spacial score (nSPS) is 18.2. The van der Waals surface area contributed by atoms with Crippen molar-refractivity contribution in [2.75, 3.05) is 13.2 Å². The lowest BCUT2D eigenvalue weighted by molar-refractivity contribution is -0.116. The molecule has 0 aliphatic heterocycles. The number of carbonyl (C=O) groups is 1. The van der Waals surface area contributed by atoms with Crippen LogP contribution in [0, 0.1) is 0 Å². The monoisotopic (exact) mass is 182 g/mol. The molecule has 0 N–H and O–H groups in total. The van der Waals surface area contributed by atoms with Crippen molar-refractivity contribution in [1.82, 2.24) is 0 Å². The van der Waals surface area contributed by atoms with Crippen LogP contribution in [0.25, 0.3) is 0 Å².